The molecule has 178 valence electrons. The van der Waals surface area contributed by atoms with Gasteiger partial charge in [0.1, 0.15) is 19.8 Å². The van der Waals surface area contributed by atoms with Gasteiger partial charge in [0.15, 0.2) is 5.84 Å². The molecule has 6 rings (SSSR count). The number of aromatic nitrogens is 1. The molecule has 2 aliphatic rings. The number of carbonyl (C=O) groups excluding carboxylic acids is 1. The first-order valence-corrected chi connectivity index (χ1v) is 12.9. The van der Waals surface area contributed by atoms with Gasteiger partial charge < -0.3 is 9.47 Å². The van der Waals surface area contributed by atoms with E-state index in [1.165, 1.54) is 16.3 Å². The number of hydrazine groups is 1. The van der Waals surface area contributed by atoms with Crippen LogP contribution in [0.2, 0.25) is 0 Å². The molecule has 3 aromatic carbocycles. The maximum Gasteiger partial charge on any atom is 0.283 e. The molecule has 1 saturated heterocycles. The molecule has 7 nitrogen and oxygen atoms in total. The van der Waals surface area contributed by atoms with E-state index in [-0.39, 0.29) is 11.5 Å². The van der Waals surface area contributed by atoms with Gasteiger partial charge in [0.2, 0.25) is 0 Å². The monoisotopic (exact) mass is 511 g/mol. The van der Waals surface area contributed by atoms with Gasteiger partial charge in [0.05, 0.1) is 17.1 Å². The van der Waals surface area contributed by atoms with Crippen molar-refractivity contribution in [2.45, 2.75) is 4.90 Å². The Morgan fingerprint density at radius 2 is 1.50 bits per heavy atom. The summed E-state index contributed by atoms with van der Waals surface area (Å²) in [4.78, 5) is 35.1. The Labute approximate surface area is 215 Å². The van der Waals surface area contributed by atoms with Crippen LogP contribution in [-0.4, -0.2) is 23.4 Å². The number of hydrogen-bond donors (Lipinski definition) is 1. The van der Waals surface area contributed by atoms with Crippen LogP contribution < -0.4 is 30.1 Å². The third-order valence-electron chi connectivity index (χ3n) is 6.03. The highest BCUT2D eigenvalue weighted by Gasteiger charge is 2.35. The third kappa shape index (κ3) is 3.64. The van der Waals surface area contributed by atoms with Gasteiger partial charge in [0, 0.05) is 19.0 Å². The molecule has 1 N–H and O–H groups in total. The zero-order chi connectivity index (χ0) is 24.8. The van der Waals surface area contributed by atoms with Crippen molar-refractivity contribution in [1.29, 1.82) is 0 Å². The van der Waals surface area contributed by atoms with Crippen LogP contribution in [0.3, 0.4) is 0 Å². The number of thiazole rings is 1. The minimum Gasteiger partial charge on any atom is -0.337 e. The summed E-state index contributed by atoms with van der Waals surface area (Å²) in [5.41, 5.74) is 5.84. The lowest BCUT2D eigenvalue weighted by molar-refractivity contribution is -0.113. The summed E-state index contributed by atoms with van der Waals surface area (Å²) in [6.45, 7) is 0. The van der Waals surface area contributed by atoms with Crippen LogP contribution in [0.4, 0.5) is 17.1 Å². The summed E-state index contributed by atoms with van der Waals surface area (Å²) in [6.07, 6.45) is 0. The van der Waals surface area contributed by atoms with Gasteiger partial charge in [-0.1, -0.05) is 60.3 Å². The molecule has 1 amide bonds. The van der Waals surface area contributed by atoms with Gasteiger partial charge >= 0.3 is 0 Å². The lowest BCUT2D eigenvalue weighted by atomic mass is 10.2. The van der Waals surface area contributed by atoms with Crippen molar-refractivity contribution in [2.75, 3.05) is 17.0 Å². The van der Waals surface area contributed by atoms with Crippen LogP contribution in [-0.2, 0) is 11.8 Å². The average molecular weight is 512 g/mol. The maximum atomic E-state index is 13.8. The van der Waals surface area contributed by atoms with E-state index in [0.717, 1.165) is 15.6 Å². The molecule has 3 heterocycles. The topological polar surface area (TPSA) is 69.9 Å². The van der Waals surface area contributed by atoms with Crippen LogP contribution in [0.1, 0.15) is 0 Å². The van der Waals surface area contributed by atoms with E-state index < -0.39 is 0 Å². The first-order chi connectivity index (χ1) is 17.5. The summed E-state index contributed by atoms with van der Waals surface area (Å²) in [5.74, 6) is 0.138. The number of rotatable bonds is 2. The molecule has 0 aliphatic carbocycles. The number of nitrogens with zero attached hydrogens (tertiary/aromatic N) is 4. The van der Waals surface area contributed by atoms with E-state index in [9.17, 15) is 9.59 Å². The first kappa shape index (κ1) is 22.4. The van der Waals surface area contributed by atoms with Gasteiger partial charge in [-0.25, -0.2) is 10.0 Å². The molecule has 1 aromatic heterocycles. The molecule has 4 aromatic rings. The predicted octanol–water partition coefficient (Wildman–Crippen LogP) is 3.19. The Morgan fingerprint density at radius 1 is 0.833 bits per heavy atom. The van der Waals surface area contributed by atoms with Gasteiger partial charge in [-0.3, -0.25) is 15.0 Å². The van der Waals surface area contributed by atoms with Crippen LogP contribution in [0.5, 0.6) is 0 Å². The zero-order valence-corrected chi connectivity index (χ0v) is 21.1. The zero-order valence-electron chi connectivity index (χ0n) is 19.5. The van der Waals surface area contributed by atoms with Crippen LogP contribution in [0, 0.1) is 0 Å². The number of anilines is 2. The Bertz CT molecular complexity index is 1710. The quantitative estimate of drug-likeness (QED) is 0.448. The lowest BCUT2D eigenvalue weighted by Crippen LogP contribution is -2.35. The fourth-order valence-electron chi connectivity index (χ4n) is 4.20. The number of para-hydroxylation sites is 3. The van der Waals surface area contributed by atoms with Crippen LogP contribution >= 0.6 is 23.1 Å². The molecule has 9 heteroatoms. The smallest absolute Gasteiger partial charge is 0.283 e. The lowest BCUT2D eigenvalue weighted by Gasteiger charge is -2.14. The van der Waals surface area contributed by atoms with Gasteiger partial charge in [-0.15, -0.1) is 11.3 Å². The Morgan fingerprint density at radius 3 is 2.22 bits per heavy atom. The first-order valence-electron chi connectivity index (χ1n) is 11.3. The Hall–Kier alpha value is -4.08. The summed E-state index contributed by atoms with van der Waals surface area (Å²) in [7, 11) is 3.67. The molecular weight excluding hydrogens is 490 g/mol. The van der Waals surface area contributed by atoms with Gasteiger partial charge in [-0.2, -0.15) is 0 Å². The second-order valence-corrected chi connectivity index (χ2v) is 10.3. The third-order valence-corrected chi connectivity index (χ3v) is 8.64. The summed E-state index contributed by atoms with van der Waals surface area (Å²) < 4.78 is 2.70. The molecule has 0 unspecified atom stereocenters. The highest BCUT2D eigenvalue weighted by atomic mass is 32.2. The number of nitrogens with one attached hydrogen (secondary N) is 1. The second kappa shape index (κ2) is 8.85. The van der Waals surface area contributed by atoms with Crippen molar-refractivity contribution in [3.8, 4) is 0 Å². The van der Waals surface area contributed by atoms with Crippen molar-refractivity contribution in [3.63, 3.8) is 0 Å². The van der Waals surface area contributed by atoms with E-state index >= 15 is 0 Å². The molecule has 0 radical (unpaired) electrons. The number of fused-ring (bicyclic) bond motifs is 1. The highest BCUT2D eigenvalue weighted by molar-refractivity contribution is 8.08. The fraction of sp³-hybridized carbons (Fsp3) is 0.0741. The van der Waals surface area contributed by atoms with E-state index in [1.54, 1.807) is 23.4 Å². The minimum atomic E-state index is -0.264. The van der Waals surface area contributed by atoms with Crippen LogP contribution in [0.15, 0.2) is 99.6 Å². The van der Waals surface area contributed by atoms with E-state index in [4.69, 9.17) is 4.99 Å². The number of benzene rings is 3. The van der Waals surface area contributed by atoms with Crippen molar-refractivity contribution in [1.82, 2.24) is 9.99 Å². The Balaban J connectivity index is 1.59. The number of hydrogen-bond acceptors (Lipinski definition) is 6. The molecule has 0 spiro atoms. The predicted molar refractivity (Wildman–Crippen MR) is 147 cm³/mol. The van der Waals surface area contributed by atoms with Crippen molar-refractivity contribution < 1.29 is 4.79 Å². The van der Waals surface area contributed by atoms with E-state index in [1.807, 2.05) is 96.9 Å². The average Bonchev–Trinajstić information content (AvgIpc) is 3.51. The van der Waals surface area contributed by atoms with Crippen molar-refractivity contribution >= 4 is 62.5 Å². The fourth-order valence-corrected chi connectivity index (χ4v) is 6.68. The number of amidine groups is 1. The second-order valence-electron chi connectivity index (χ2n) is 8.29. The van der Waals surface area contributed by atoms with E-state index in [0.29, 0.717) is 32.0 Å². The van der Waals surface area contributed by atoms with Gasteiger partial charge in [0.25, 0.3) is 11.5 Å². The van der Waals surface area contributed by atoms with E-state index in [2.05, 4.69) is 5.43 Å². The van der Waals surface area contributed by atoms with Crippen molar-refractivity contribution in [2.24, 2.45) is 12.0 Å². The molecule has 0 saturated carbocycles. The summed E-state index contributed by atoms with van der Waals surface area (Å²) in [6, 6.07) is 26.9. The molecule has 1 fully saturated rings. The molecular formula is C27H21N5O2S2. The highest BCUT2D eigenvalue weighted by Crippen LogP contribution is 2.44. The molecule has 2 aliphatic heterocycles. The van der Waals surface area contributed by atoms with Crippen molar-refractivity contribution in [3.05, 3.63) is 104 Å². The molecule has 0 atom stereocenters. The number of thioether (sulfide) groups is 1. The molecule has 0 bridgehead atoms. The minimum absolute atomic E-state index is 0.144. The largest absolute Gasteiger partial charge is 0.337 e. The standard InChI is InChI=1S/C27H21N5O2S2/c1-30-19-15-9-10-16-20(19)35-27(30)22-25(34)31(2)26(36-22)21-23(28-17-11-5-3-6-12-17)29-32(24(21)33)18-13-7-4-8-14-18/h3-16H,1-2H3,(H,28,29)/b26-21+,27-22-. The Kier molecular flexibility index (Phi) is 5.50. The summed E-state index contributed by atoms with van der Waals surface area (Å²) in [5, 5.41) is 2.33. The number of amides is 1. The summed E-state index contributed by atoms with van der Waals surface area (Å²) >= 11 is 2.88. The SMILES string of the molecule is CN1/C(=c2/s/c(=C3/C(=O)N(c4ccccc4)NC3=Nc3ccccc3)n(C)c2=O)Sc2ccccc21. The number of carbonyl (C=O) groups is 1. The number of aliphatic imine (C=N–C) groups is 1. The van der Waals surface area contributed by atoms with Crippen LogP contribution in [0.25, 0.3) is 10.6 Å². The maximum absolute atomic E-state index is 13.8. The molecule has 36 heavy (non-hydrogen) atoms. The van der Waals surface area contributed by atoms with Gasteiger partial charge in [-0.05, 0) is 36.4 Å². The normalized spacial score (nSPS) is 19.2.